The second-order valence-electron chi connectivity index (χ2n) is 7.61. The lowest BCUT2D eigenvalue weighted by molar-refractivity contribution is -0.131. The van der Waals surface area contributed by atoms with Crippen molar-refractivity contribution in [1.82, 2.24) is 20.4 Å². The van der Waals surface area contributed by atoms with E-state index in [4.69, 9.17) is 4.74 Å². The molecule has 7 nitrogen and oxygen atoms in total. The van der Waals surface area contributed by atoms with E-state index in [1.54, 1.807) is 11.0 Å². The maximum atomic E-state index is 13.3. The SMILES string of the molecule is O=C(NCC(=O)N1CCC(Oc2cc(F)c(F)c(F)c2)CC1)c1cc(-c2ccccc2)[nH]n1. The molecule has 0 saturated carbocycles. The molecule has 172 valence electrons. The largest absolute Gasteiger partial charge is 0.490 e. The Balaban J connectivity index is 1.24. The molecule has 10 heteroatoms. The normalized spacial score (nSPS) is 14.2. The number of nitrogens with one attached hydrogen (secondary N) is 2. The number of amides is 2. The number of rotatable bonds is 6. The zero-order valence-corrected chi connectivity index (χ0v) is 17.5. The summed E-state index contributed by atoms with van der Waals surface area (Å²) >= 11 is 0. The quantitative estimate of drug-likeness (QED) is 0.555. The van der Waals surface area contributed by atoms with Crippen LogP contribution in [0.15, 0.2) is 48.5 Å². The van der Waals surface area contributed by atoms with Gasteiger partial charge in [-0.25, -0.2) is 13.2 Å². The van der Waals surface area contributed by atoms with E-state index >= 15 is 0 Å². The molecule has 1 fully saturated rings. The first-order valence-electron chi connectivity index (χ1n) is 10.4. The van der Waals surface area contributed by atoms with Gasteiger partial charge >= 0.3 is 0 Å². The maximum Gasteiger partial charge on any atom is 0.272 e. The minimum Gasteiger partial charge on any atom is -0.490 e. The van der Waals surface area contributed by atoms with Crippen LogP contribution in [0.2, 0.25) is 0 Å². The van der Waals surface area contributed by atoms with Gasteiger partial charge in [-0.3, -0.25) is 14.7 Å². The van der Waals surface area contributed by atoms with Crippen molar-refractivity contribution < 1.29 is 27.5 Å². The Morgan fingerprint density at radius 1 is 1.06 bits per heavy atom. The van der Waals surface area contributed by atoms with Gasteiger partial charge in [-0.2, -0.15) is 5.10 Å². The fraction of sp³-hybridized carbons (Fsp3) is 0.261. The molecule has 0 bridgehead atoms. The first kappa shape index (κ1) is 22.4. The molecule has 0 unspecified atom stereocenters. The summed E-state index contributed by atoms with van der Waals surface area (Å²) in [5, 5.41) is 9.36. The molecule has 33 heavy (non-hydrogen) atoms. The van der Waals surface area contributed by atoms with Crippen LogP contribution in [0.25, 0.3) is 11.3 Å². The average molecular weight is 458 g/mol. The molecule has 2 heterocycles. The van der Waals surface area contributed by atoms with Crippen LogP contribution in [0, 0.1) is 17.5 Å². The third-order valence-electron chi connectivity index (χ3n) is 5.35. The predicted molar refractivity (Wildman–Crippen MR) is 113 cm³/mol. The third kappa shape index (κ3) is 5.33. The maximum absolute atomic E-state index is 13.3. The molecule has 1 aromatic heterocycles. The lowest BCUT2D eigenvalue weighted by Gasteiger charge is -2.32. The van der Waals surface area contributed by atoms with Gasteiger partial charge in [0.05, 0.1) is 12.2 Å². The van der Waals surface area contributed by atoms with Crippen molar-refractivity contribution >= 4 is 11.8 Å². The molecule has 0 spiro atoms. The zero-order chi connectivity index (χ0) is 23.4. The highest BCUT2D eigenvalue weighted by Gasteiger charge is 2.25. The first-order chi connectivity index (χ1) is 15.9. The van der Waals surface area contributed by atoms with Crippen LogP contribution in [0.1, 0.15) is 23.3 Å². The standard InChI is InChI=1S/C23H21F3N4O3/c24-17-10-16(11-18(25)22(17)26)33-15-6-8-30(9-7-15)21(31)13-27-23(32)20-12-19(28-29-20)14-4-2-1-3-5-14/h1-5,10-12,15H,6-9,13H2,(H,27,32)(H,28,29). The fourth-order valence-corrected chi connectivity index (χ4v) is 3.58. The number of nitrogens with zero attached hydrogens (tertiary/aromatic N) is 2. The summed E-state index contributed by atoms with van der Waals surface area (Å²) in [4.78, 5) is 26.4. The van der Waals surface area contributed by atoms with Crippen molar-refractivity contribution in [3.63, 3.8) is 0 Å². The highest BCUT2D eigenvalue weighted by atomic mass is 19.2. The molecule has 2 amide bonds. The van der Waals surface area contributed by atoms with E-state index in [1.807, 2.05) is 30.3 Å². The summed E-state index contributed by atoms with van der Waals surface area (Å²) < 4.78 is 45.3. The van der Waals surface area contributed by atoms with Crippen LogP contribution >= 0.6 is 0 Å². The van der Waals surface area contributed by atoms with Gasteiger partial charge < -0.3 is 15.0 Å². The summed E-state index contributed by atoms with van der Waals surface area (Å²) in [5.41, 5.74) is 1.75. The van der Waals surface area contributed by atoms with E-state index in [0.717, 1.165) is 17.7 Å². The van der Waals surface area contributed by atoms with E-state index in [9.17, 15) is 22.8 Å². The van der Waals surface area contributed by atoms with Crippen molar-refractivity contribution in [3.8, 4) is 17.0 Å². The number of hydrogen-bond donors (Lipinski definition) is 2. The number of benzene rings is 2. The number of aromatic nitrogens is 2. The summed E-state index contributed by atoms with van der Waals surface area (Å²) in [7, 11) is 0. The Morgan fingerprint density at radius 3 is 2.39 bits per heavy atom. The Kier molecular flexibility index (Phi) is 6.62. The number of ether oxygens (including phenoxy) is 1. The molecule has 1 aliphatic rings. The van der Waals surface area contributed by atoms with Crippen molar-refractivity contribution in [2.75, 3.05) is 19.6 Å². The second kappa shape index (κ2) is 9.76. The van der Waals surface area contributed by atoms with E-state index in [-0.39, 0.29) is 30.0 Å². The number of aromatic amines is 1. The topological polar surface area (TPSA) is 87.3 Å². The number of carbonyl (C=O) groups is 2. The number of hydrogen-bond acceptors (Lipinski definition) is 4. The lowest BCUT2D eigenvalue weighted by Crippen LogP contribution is -2.46. The molecular formula is C23H21F3N4O3. The van der Waals surface area contributed by atoms with E-state index < -0.39 is 23.4 Å². The van der Waals surface area contributed by atoms with Gasteiger partial charge in [-0.1, -0.05) is 30.3 Å². The van der Waals surface area contributed by atoms with Crippen LogP contribution in [0.3, 0.4) is 0 Å². The summed E-state index contributed by atoms with van der Waals surface area (Å²) in [6.45, 7) is 0.518. The lowest BCUT2D eigenvalue weighted by atomic mass is 10.1. The Hall–Kier alpha value is -3.82. The Labute approximate surface area is 187 Å². The first-order valence-corrected chi connectivity index (χ1v) is 10.4. The van der Waals surface area contributed by atoms with Gasteiger partial charge in [0, 0.05) is 38.1 Å². The van der Waals surface area contributed by atoms with Crippen LogP contribution < -0.4 is 10.1 Å². The van der Waals surface area contributed by atoms with Gasteiger partial charge in [0.2, 0.25) is 5.91 Å². The number of halogens is 3. The Morgan fingerprint density at radius 2 is 1.73 bits per heavy atom. The molecule has 0 radical (unpaired) electrons. The van der Waals surface area contributed by atoms with E-state index in [2.05, 4.69) is 15.5 Å². The molecule has 3 aromatic rings. The number of carbonyl (C=O) groups excluding carboxylic acids is 2. The molecular weight excluding hydrogens is 437 g/mol. The molecule has 1 aliphatic heterocycles. The average Bonchev–Trinajstić information content (AvgIpc) is 3.32. The van der Waals surface area contributed by atoms with Gasteiger partial charge in [0.25, 0.3) is 5.91 Å². The number of H-pyrrole nitrogens is 1. The van der Waals surface area contributed by atoms with Crippen LogP contribution in [0.4, 0.5) is 13.2 Å². The minimum absolute atomic E-state index is 0.0997. The van der Waals surface area contributed by atoms with Crippen molar-refractivity contribution in [1.29, 1.82) is 0 Å². The predicted octanol–water partition coefficient (Wildman–Crippen LogP) is 3.29. The minimum atomic E-state index is -1.55. The summed E-state index contributed by atoms with van der Waals surface area (Å²) in [6, 6.07) is 12.6. The van der Waals surface area contributed by atoms with Crippen LogP contribution in [-0.2, 0) is 4.79 Å². The summed E-state index contributed by atoms with van der Waals surface area (Å²) in [5.74, 6) is -5.02. The smallest absolute Gasteiger partial charge is 0.272 e. The fourth-order valence-electron chi connectivity index (χ4n) is 3.58. The summed E-state index contributed by atoms with van der Waals surface area (Å²) in [6.07, 6.45) is 0.494. The molecule has 2 N–H and O–H groups in total. The molecule has 0 aliphatic carbocycles. The zero-order valence-electron chi connectivity index (χ0n) is 17.5. The second-order valence-corrected chi connectivity index (χ2v) is 7.61. The van der Waals surface area contributed by atoms with Gasteiger partial charge in [0.1, 0.15) is 11.9 Å². The third-order valence-corrected chi connectivity index (χ3v) is 5.35. The van der Waals surface area contributed by atoms with Crippen LogP contribution in [-0.4, -0.2) is 52.6 Å². The van der Waals surface area contributed by atoms with Crippen molar-refractivity contribution in [2.24, 2.45) is 0 Å². The number of likely N-dealkylation sites (tertiary alicyclic amines) is 1. The number of piperidine rings is 1. The van der Waals surface area contributed by atoms with Gasteiger partial charge in [-0.05, 0) is 11.6 Å². The highest BCUT2D eigenvalue weighted by molar-refractivity contribution is 5.95. The van der Waals surface area contributed by atoms with E-state index in [0.29, 0.717) is 31.6 Å². The molecule has 1 saturated heterocycles. The van der Waals surface area contributed by atoms with Crippen LogP contribution in [0.5, 0.6) is 5.75 Å². The molecule has 2 aromatic carbocycles. The monoisotopic (exact) mass is 458 g/mol. The van der Waals surface area contributed by atoms with Gasteiger partial charge in [0.15, 0.2) is 23.1 Å². The molecule has 4 rings (SSSR count). The van der Waals surface area contributed by atoms with E-state index in [1.165, 1.54) is 0 Å². The van der Waals surface area contributed by atoms with Crippen molar-refractivity contribution in [3.05, 3.63) is 71.7 Å². The van der Waals surface area contributed by atoms with Crippen molar-refractivity contribution in [2.45, 2.75) is 18.9 Å². The highest BCUT2D eigenvalue weighted by Crippen LogP contribution is 2.23. The van der Waals surface area contributed by atoms with Gasteiger partial charge in [-0.15, -0.1) is 0 Å². The molecule has 0 atom stereocenters. The Bertz CT molecular complexity index is 1120.